The molecular weight excluding hydrogens is 531 g/mol. The Hall–Kier alpha value is -4.23. The number of alkyl halides is 3. The predicted octanol–water partition coefficient (Wildman–Crippen LogP) is 3.15. The van der Waals surface area contributed by atoms with Crippen molar-refractivity contribution in [3.05, 3.63) is 65.4 Å². The van der Waals surface area contributed by atoms with Gasteiger partial charge in [0.1, 0.15) is 17.2 Å². The molecule has 2 fully saturated rings. The summed E-state index contributed by atoms with van der Waals surface area (Å²) in [6.07, 6.45) is -4.76. The summed E-state index contributed by atoms with van der Waals surface area (Å²) in [6.45, 7) is 3.40. The minimum absolute atomic E-state index is 0.0308. The molecule has 13 heteroatoms. The zero-order valence-electron chi connectivity index (χ0n) is 21.2. The summed E-state index contributed by atoms with van der Waals surface area (Å²) in [4.78, 5) is 35.1. The van der Waals surface area contributed by atoms with E-state index >= 15 is 0 Å². The molecule has 0 spiro atoms. The fourth-order valence-electron chi connectivity index (χ4n) is 4.39. The molecule has 1 atom stereocenters. The number of nitrogens with one attached hydrogen (secondary N) is 1. The second-order valence-electron chi connectivity index (χ2n) is 9.30. The zero-order valence-corrected chi connectivity index (χ0v) is 21.2. The van der Waals surface area contributed by atoms with Gasteiger partial charge in [0.25, 0.3) is 11.8 Å². The van der Waals surface area contributed by atoms with Crippen LogP contribution in [0.15, 0.2) is 48.5 Å². The van der Waals surface area contributed by atoms with Crippen molar-refractivity contribution in [2.24, 2.45) is 5.73 Å². The number of nitrogens with two attached hydrogens (primary N) is 1. The summed E-state index contributed by atoms with van der Waals surface area (Å²) < 4.78 is 55.9. The van der Waals surface area contributed by atoms with Crippen LogP contribution in [0.25, 0.3) is 11.4 Å². The number of carbonyl (C=O) groups excluding carboxylic acids is 2. The molecule has 2 saturated heterocycles. The fourth-order valence-corrected chi connectivity index (χ4v) is 4.39. The number of carbonyl (C=O) groups is 2. The van der Waals surface area contributed by atoms with Gasteiger partial charge in [0.15, 0.2) is 11.9 Å². The van der Waals surface area contributed by atoms with Crippen molar-refractivity contribution in [3.8, 4) is 28.8 Å². The number of nitrogens with zero attached hydrogens (tertiary/aromatic N) is 3. The van der Waals surface area contributed by atoms with Crippen molar-refractivity contribution in [2.45, 2.75) is 25.2 Å². The summed E-state index contributed by atoms with van der Waals surface area (Å²) in [6, 6.07) is 10.8. The fraction of sp³-hybridized carbons (Fsp3) is 0.333. The summed E-state index contributed by atoms with van der Waals surface area (Å²) in [5, 5.41) is 2.68. The van der Waals surface area contributed by atoms with Gasteiger partial charge < -0.3 is 25.3 Å². The first-order valence-corrected chi connectivity index (χ1v) is 12.6. The first-order chi connectivity index (χ1) is 19.2. The third-order valence-corrected chi connectivity index (χ3v) is 6.45. The highest BCUT2D eigenvalue weighted by molar-refractivity contribution is 5.91. The van der Waals surface area contributed by atoms with Crippen LogP contribution in [-0.2, 0) is 22.3 Å². The lowest BCUT2D eigenvalue weighted by atomic mass is 10.0. The smallest absolute Gasteiger partial charge is 0.416 e. The normalized spacial score (nSPS) is 17.9. The van der Waals surface area contributed by atoms with Crippen LogP contribution in [0.5, 0.6) is 17.4 Å². The maximum atomic E-state index is 12.9. The van der Waals surface area contributed by atoms with E-state index in [0.29, 0.717) is 57.1 Å². The van der Waals surface area contributed by atoms with E-state index in [1.54, 1.807) is 18.2 Å². The molecule has 0 aliphatic carbocycles. The van der Waals surface area contributed by atoms with Crippen molar-refractivity contribution in [3.63, 3.8) is 0 Å². The number of benzene rings is 2. The lowest BCUT2D eigenvalue weighted by Gasteiger charge is -2.27. The minimum Gasteiger partial charge on any atom is -0.464 e. The summed E-state index contributed by atoms with van der Waals surface area (Å²) >= 11 is 0. The van der Waals surface area contributed by atoms with Crippen LogP contribution in [0.4, 0.5) is 13.2 Å². The van der Waals surface area contributed by atoms with E-state index in [2.05, 4.69) is 20.2 Å². The molecule has 3 N–H and O–H groups in total. The lowest BCUT2D eigenvalue weighted by Crippen LogP contribution is -2.35. The Morgan fingerprint density at radius 3 is 2.45 bits per heavy atom. The number of morpholine rings is 1. The maximum Gasteiger partial charge on any atom is 0.416 e. The number of halogens is 3. The van der Waals surface area contributed by atoms with Crippen molar-refractivity contribution >= 4 is 11.8 Å². The molecule has 3 heterocycles. The molecule has 210 valence electrons. The van der Waals surface area contributed by atoms with Gasteiger partial charge >= 0.3 is 6.18 Å². The van der Waals surface area contributed by atoms with Crippen LogP contribution in [0, 0.1) is 0 Å². The van der Waals surface area contributed by atoms with Gasteiger partial charge in [-0.15, -0.1) is 0 Å². The van der Waals surface area contributed by atoms with Crippen LogP contribution < -0.4 is 20.5 Å². The molecule has 2 aliphatic heterocycles. The van der Waals surface area contributed by atoms with Gasteiger partial charge in [-0.3, -0.25) is 14.5 Å². The molecule has 0 saturated carbocycles. The third-order valence-electron chi connectivity index (χ3n) is 6.45. The van der Waals surface area contributed by atoms with E-state index in [-0.39, 0.29) is 29.1 Å². The van der Waals surface area contributed by atoms with Crippen molar-refractivity contribution in [2.75, 3.05) is 32.8 Å². The van der Waals surface area contributed by atoms with Gasteiger partial charge in [-0.2, -0.15) is 18.2 Å². The molecule has 1 aromatic heterocycles. The number of aromatic nitrogens is 2. The first kappa shape index (κ1) is 27.3. The van der Waals surface area contributed by atoms with E-state index in [9.17, 15) is 22.8 Å². The Morgan fingerprint density at radius 1 is 1.07 bits per heavy atom. The van der Waals surface area contributed by atoms with Crippen LogP contribution in [0.1, 0.15) is 28.0 Å². The molecule has 10 nitrogen and oxygen atoms in total. The maximum absolute atomic E-state index is 12.9. The van der Waals surface area contributed by atoms with Gasteiger partial charge in [0.05, 0.1) is 18.8 Å². The highest BCUT2D eigenvalue weighted by Gasteiger charge is 2.30. The molecule has 2 amide bonds. The monoisotopic (exact) mass is 557 g/mol. The molecule has 0 radical (unpaired) electrons. The van der Waals surface area contributed by atoms with Gasteiger partial charge in [-0.1, -0.05) is 0 Å². The van der Waals surface area contributed by atoms with Crippen LogP contribution in [0.3, 0.4) is 0 Å². The number of amides is 2. The Bertz CT molecular complexity index is 1390. The average molecular weight is 558 g/mol. The molecule has 5 rings (SSSR count). The first-order valence-electron chi connectivity index (χ1n) is 12.6. The van der Waals surface area contributed by atoms with Crippen LogP contribution in [-0.4, -0.2) is 65.6 Å². The predicted molar refractivity (Wildman–Crippen MR) is 136 cm³/mol. The Kier molecular flexibility index (Phi) is 7.85. The van der Waals surface area contributed by atoms with Gasteiger partial charge in [-0.05, 0) is 48.0 Å². The zero-order chi connectivity index (χ0) is 28.3. The number of hydrogen-bond acceptors (Lipinski definition) is 8. The Morgan fingerprint density at radius 2 is 1.80 bits per heavy atom. The largest absolute Gasteiger partial charge is 0.464 e. The molecule has 40 heavy (non-hydrogen) atoms. The molecule has 3 aromatic rings. The lowest BCUT2D eigenvalue weighted by molar-refractivity contribution is -0.137. The number of primary amides is 1. The van der Waals surface area contributed by atoms with Gasteiger partial charge in [-0.25, -0.2) is 4.98 Å². The average Bonchev–Trinajstić information content (AvgIpc) is 3.33. The summed E-state index contributed by atoms with van der Waals surface area (Å²) in [5.41, 5.74) is 5.96. The highest BCUT2D eigenvalue weighted by Crippen LogP contribution is 2.33. The second kappa shape index (κ2) is 11.5. The molecular formula is C27H26F3N5O5. The molecule has 1 unspecified atom stereocenters. The standard InChI is InChI=1S/C27H26F3N5O5/c28-27(29,30)17-1-3-18(4-2-17)39-19-5-6-20(16(13-19)15-35-9-11-38-12-10-35)25-33-21(24(31)36)14-23(34-25)40-22-7-8-32-26(22)37/h1-6,13-14,22H,7-12,15H2,(H2,31,36)(H,32,37). The topological polar surface area (TPSA) is 129 Å². The number of rotatable bonds is 8. The van der Waals surface area contributed by atoms with Crippen molar-refractivity contribution in [1.82, 2.24) is 20.2 Å². The van der Waals surface area contributed by atoms with Gasteiger partial charge in [0.2, 0.25) is 5.88 Å². The summed E-state index contributed by atoms with van der Waals surface area (Å²) in [5.74, 6) is -0.260. The molecule has 2 aliphatic rings. The van der Waals surface area contributed by atoms with Crippen molar-refractivity contribution in [1.29, 1.82) is 0 Å². The SMILES string of the molecule is NC(=O)c1cc(OC2CCNC2=O)nc(-c2ccc(Oc3ccc(C(F)(F)F)cc3)cc2CN2CCOCC2)n1. The van der Waals surface area contributed by atoms with E-state index in [1.807, 2.05) is 0 Å². The van der Waals surface area contributed by atoms with E-state index in [1.165, 1.54) is 18.2 Å². The quantitative estimate of drug-likeness (QED) is 0.432. The Balaban J connectivity index is 1.49. The molecule has 2 aromatic carbocycles. The highest BCUT2D eigenvalue weighted by atomic mass is 19.4. The van der Waals surface area contributed by atoms with E-state index in [0.717, 1.165) is 17.7 Å². The minimum atomic E-state index is -4.45. The molecule has 0 bridgehead atoms. The van der Waals surface area contributed by atoms with Crippen molar-refractivity contribution < 1.29 is 37.0 Å². The van der Waals surface area contributed by atoms with Gasteiger partial charge in [0, 0.05) is 44.2 Å². The number of hydrogen-bond donors (Lipinski definition) is 2. The second-order valence-corrected chi connectivity index (χ2v) is 9.30. The van der Waals surface area contributed by atoms with E-state index in [4.69, 9.17) is 19.9 Å². The Labute approximate surface area is 227 Å². The number of ether oxygens (including phenoxy) is 3. The van der Waals surface area contributed by atoms with E-state index < -0.39 is 23.8 Å². The third kappa shape index (κ3) is 6.49. The van der Waals surface area contributed by atoms with Crippen LogP contribution >= 0.6 is 0 Å². The summed E-state index contributed by atoms with van der Waals surface area (Å²) in [7, 11) is 0. The van der Waals surface area contributed by atoms with Crippen LogP contribution in [0.2, 0.25) is 0 Å².